The van der Waals surface area contributed by atoms with Gasteiger partial charge in [0.05, 0.1) is 6.61 Å². The van der Waals surface area contributed by atoms with Crippen LogP contribution in [0.1, 0.15) is 45.4 Å². The van der Waals surface area contributed by atoms with Crippen LogP contribution < -0.4 is 10.6 Å². The van der Waals surface area contributed by atoms with E-state index in [0.717, 1.165) is 26.2 Å². The van der Waals surface area contributed by atoms with E-state index in [2.05, 4.69) is 17.6 Å². The van der Waals surface area contributed by atoms with Crippen LogP contribution in [0, 0.1) is 0 Å². The fourth-order valence-electron chi connectivity index (χ4n) is 3.13. The van der Waals surface area contributed by atoms with Crippen molar-refractivity contribution in [3.63, 3.8) is 0 Å². The van der Waals surface area contributed by atoms with Gasteiger partial charge in [-0.25, -0.2) is 0 Å². The quantitative estimate of drug-likeness (QED) is 0.771. The molecule has 2 saturated heterocycles. The van der Waals surface area contributed by atoms with Gasteiger partial charge < -0.3 is 20.1 Å². The minimum Gasteiger partial charge on any atom is -0.378 e. The summed E-state index contributed by atoms with van der Waals surface area (Å²) in [6.07, 6.45) is 7.63. The van der Waals surface area contributed by atoms with Crippen molar-refractivity contribution in [2.75, 3.05) is 33.4 Å². The Bertz CT molecular complexity index is 247. The Morgan fingerprint density at radius 3 is 3.05 bits per heavy atom. The van der Waals surface area contributed by atoms with Gasteiger partial charge in [-0.1, -0.05) is 12.8 Å². The van der Waals surface area contributed by atoms with Crippen LogP contribution >= 0.6 is 0 Å². The van der Waals surface area contributed by atoms with Crippen LogP contribution in [-0.2, 0) is 9.47 Å². The first-order chi connectivity index (χ1) is 9.24. The molecule has 0 aromatic rings. The summed E-state index contributed by atoms with van der Waals surface area (Å²) in [5.74, 6) is 0. The predicted molar refractivity (Wildman–Crippen MR) is 77.5 cm³/mol. The van der Waals surface area contributed by atoms with Crippen molar-refractivity contribution in [1.82, 2.24) is 10.6 Å². The summed E-state index contributed by atoms with van der Waals surface area (Å²) < 4.78 is 11.1. The Morgan fingerprint density at radius 2 is 2.32 bits per heavy atom. The number of hydrogen-bond donors (Lipinski definition) is 2. The Labute approximate surface area is 117 Å². The molecule has 4 heteroatoms. The smallest absolute Gasteiger partial charge is 0.106 e. The Kier molecular flexibility index (Phi) is 6.07. The SMILES string of the molecule is COC1(CNC(C)CC2CCCCCN2)CCOC1. The highest BCUT2D eigenvalue weighted by Gasteiger charge is 2.35. The Morgan fingerprint density at radius 1 is 1.42 bits per heavy atom. The van der Waals surface area contributed by atoms with E-state index in [-0.39, 0.29) is 5.60 Å². The maximum absolute atomic E-state index is 5.66. The van der Waals surface area contributed by atoms with Gasteiger partial charge in [-0.3, -0.25) is 0 Å². The normalized spacial score (nSPS) is 34.1. The molecule has 2 aliphatic rings. The second-order valence-corrected chi connectivity index (χ2v) is 6.21. The zero-order chi connectivity index (χ0) is 13.6. The number of ether oxygens (including phenoxy) is 2. The third-order valence-corrected chi connectivity index (χ3v) is 4.57. The van der Waals surface area contributed by atoms with Crippen LogP contribution in [0.4, 0.5) is 0 Å². The zero-order valence-corrected chi connectivity index (χ0v) is 12.5. The van der Waals surface area contributed by atoms with Crippen LogP contribution in [0.25, 0.3) is 0 Å². The predicted octanol–water partition coefficient (Wildman–Crippen LogP) is 1.69. The lowest BCUT2D eigenvalue weighted by molar-refractivity contribution is -0.0174. The van der Waals surface area contributed by atoms with Crippen LogP contribution in [0.15, 0.2) is 0 Å². The molecule has 0 aromatic carbocycles. The van der Waals surface area contributed by atoms with Crippen molar-refractivity contribution in [3.05, 3.63) is 0 Å². The van der Waals surface area contributed by atoms with Gasteiger partial charge in [0.1, 0.15) is 5.60 Å². The van der Waals surface area contributed by atoms with Gasteiger partial charge >= 0.3 is 0 Å². The van der Waals surface area contributed by atoms with Crippen LogP contribution in [0.2, 0.25) is 0 Å². The summed E-state index contributed by atoms with van der Waals surface area (Å²) in [6, 6.07) is 1.21. The van der Waals surface area contributed by atoms with E-state index in [4.69, 9.17) is 9.47 Å². The van der Waals surface area contributed by atoms with E-state index < -0.39 is 0 Å². The molecule has 0 radical (unpaired) electrons. The second-order valence-electron chi connectivity index (χ2n) is 6.21. The number of hydrogen-bond acceptors (Lipinski definition) is 4. The van der Waals surface area contributed by atoms with E-state index in [1.807, 2.05) is 0 Å². The maximum Gasteiger partial charge on any atom is 0.106 e. The summed E-state index contributed by atoms with van der Waals surface area (Å²) in [7, 11) is 1.80. The van der Waals surface area contributed by atoms with Gasteiger partial charge in [0, 0.05) is 38.8 Å². The van der Waals surface area contributed by atoms with Crippen molar-refractivity contribution in [2.24, 2.45) is 0 Å². The molecule has 0 aromatic heterocycles. The van der Waals surface area contributed by atoms with Crippen LogP contribution in [-0.4, -0.2) is 51.1 Å². The van der Waals surface area contributed by atoms with E-state index in [0.29, 0.717) is 12.1 Å². The first-order valence-corrected chi connectivity index (χ1v) is 7.84. The highest BCUT2D eigenvalue weighted by Crippen LogP contribution is 2.22. The molecule has 2 fully saturated rings. The standard InChI is InChI=1S/C15H30N2O2/c1-13(10-14-6-4-3-5-8-16-14)17-11-15(18-2)7-9-19-12-15/h13-14,16-17H,3-12H2,1-2H3. The Balaban J connectivity index is 1.69. The lowest BCUT2D eigenvalue weighted by Gasteiger charge is -2.29. The lowest BCUT2D eigenvalue weighted by Crippen LogP contribution is -2.47. The number of rotatable bonds is 6. The zero-order valence-electron chi connectivity index (χ0n) is 12.5. The van der Waals surface area contributed by atoms with Crippen LogP contribution in [0.3, 0.4) is 0 Å². The van der Waals surface area contributed by atoms with E-state index in [1.165, 1.54) is 38.6 Å². The second kappa shape index (κ2) is 7.58. The Hall–Kier alpha value is -0.160. The van der Waals surface area contributed by atoms with Gasteiger partial charge in [0.25, 0.3) is 0 Å². The van der Waals surface area contributed by atoms with Gasteiger partial charge in [0.2, 0.25) is 0 Å². The summed E-state index contributed by atoms with van der Waals surface area (Å²) in [5.41, 5.74) is -0.0921. The highest BCUT2D eigenvalue weighted by molar-refractivity contribution is 4.88. The molecule has 0 aliphatic carbocycles. The fraction of sp³-hybridized carbons (Fsp3) is 1.00. The largest absolute Gasteiger partial charge is 0.378 e. The van der Waals surface area contributed by atoms with Gasteiger partial charge in [-0.2, -0.15) is 0 Å². The molecular formula is C15H30N2O2. The topological polar surface area (TPSA) is 42.5 Å². The van der Waals surface area contributed by atoms with Crippen molar-refractivity contribution >= 4 is 0 Å². The molecule has 3 atom stereocenters. The average Bonchev–Trinajstić information content (AvgIpc) is 2.75. The average molecular weight is 270 g/mol. The van der Waals surface area contributed by atoms with Crippen molar-refractivity contribution in [1.29, 1.82) is 0 Å². The van der Waals surface area contributed by atoms with E-state index in [1.54, 1.807) is 7.11 Å². The minimum absolute atomic E-state index is 0.0921. The molecule has 2 rings (SSSR count). The summed E-state index contributed by atoms with van der Waals surface area (Å²) in [5, 5.41) is 7.31. The fourth-order valence-corrected chi connectivity index (χ4v) is 3.13. The lowest BCUT2D eigenvalue weighted by atomic mass is 10.0. The minimum atomic E-state index is -0.0921. The third kappa shape index (κ3) is 4.71. The molecule has 2 aliphatic heterocycles. The molecule has 112 valence electrons. The number of nitrogens with one attached hydrogen (secondary N) is 2. The monoisotopic (exact) mass is 270 g/mol. The van der Waals surface area contributed by atoms with Crippen LogP contribution in [0.5, 0.6) is 0 Å². The van der Waals surface area contributed by atoms with E-state index in [9.17, 15) is 0 Å². The van der Waals surface area contributed by atoms with Crippen molar-refractivity contribution < 1.29 is 9.47 Å². The molecule has 0 saturated carbocycles. The summed E-state index contributed by atoms with van der Waals surface area (Å²) in [4.78, 5) is 0. The van der Waals surface area contributed by atoms with Gasteiger partial charge in [-0.15, -0.1) is 0 Å². The van der Waals surface area contributed by atoms with Gasteiger partial charge in [-0.05, 0) is 32.7 Å². The molecule has 4 nitrogen and oxygen atoms in total. The molecule has 0 spiro atoms. The molecule has 19 heavy (non-hydrogen) atoms. The third-order valence-electron chi connectivity index (χ3n) is 4.57. The highest BCUT2D eigenvalue weighted by atomic mass is 16.5. The molecular weight excluding hydrogens is 240 g/mol. The number of methoxy groups -OCH3 is 1. The van der Waals surface area contributed by atoms with E-state index >= 15 is 0 Å². The molecule has 0 bridgehead atoms. The summed E-state index contributed by atoms with van der Waals surface area (Å²) in [6.45, 7) is 5.93. The first kappa shape index (κ1) is 15.2. The molecule has 0 amide bonds. The molecule has 2 N–H and O–H groups in total. The molecule has 2 heterocycles. The van der Waals surface area contributed by atoms with Crippen molar-refractivity contribution in [3.8, 4) is 0 Å². The van der Waals surface area contributed by atoms with Crippen molar-refractivity contribution in [2.45, 2.75) is 63.1 Å². The summed E-state index contributed by atoms with van der Waals surface area (Å²) >= 11 is 0. The molecule has 3 unspecified atom stereocenters. The maximum atomic E-state index is 5.66. The first-order valence-electron chi connectivity index (χ1n) is 7.84. The van der Waals surface area contributed by atoms with Gasteiger partial charge in [0.15, 0.2) is 0 Å².